The number of nitrogens with zero attached hydrogens (tertiary/aromatic N) is 1. The molecule has 1 aliphatic heterocycles. The van der Waals surface area contributed by atoms with E-state index in [-0.39, 0.29) is 18.2 Å². The molecule has 1 fully saturated rings. The molecule has 2 rings (SSSR count). The smallest absolute Gasteiger partial charge is 0.252 e. The van der Waals surface area contributed by atoms with Gasteiger partial charge in [0.05, 0.1) is 13.0 Å². The highest BCUT2D eigenvalue weighted by Gasteiger charge is 2.37. The molecule has 1 saturated heterocycles. The first-order chi connectivity index (χ1) is 10.2. The molecule has 1 N–H and O–H groups in total. The number of hydrogen-bond acceptors (Lipinski definition) is 5. The Kier molecular flexibility index (Phi) is 5.16. The monoisotopic (exact) mass is 292 g/mol. The van der Waals surface area contributed by atoms with Crippen LogP contribution in [0.25, 0.3) is 0 Å². The zero-order valence-corrected chi connectivity index (χ0v) is 12.3. The van der Waals surface area contributed by atoms with Gasteiger partial charge in [0.2, 0.25) is 5.91 Å². The molecule has 0 bridgehead atoms. The Morgan fingerprint density at radius 2 is 2.14 bits per heavy atom. The summed E-state index contributed by atoms with van der Waals surface area (Å²) in [6, 6.07) is 6.83. The van der Waals surface area contributed by atoms with Gasteiger partial charge in [0.1, 0.15) is 18.4 Å². The Hall–Kier alpha value is -2.08. The molecule has 0 aromatic heterocycles. The van der Waals surface area contributed by atoms with Gasteiger partial charge in [-0.1, -0.05) is 6.07 Å². The quantitative estimate of drug-likeness (QED) is 0.605. The Bertz CT molecular complexity index is 518. The molecule has 1 aromatic carbocycles. The van der Waals surface area contributed by atoms with Crippen molar-refractivity contribution in [3.05, 3.63) is 24.3 Å². The summed E-state index contributed by atoms with van der Waals surface area (Å²) in [5.74, 6) is 0.391. The van der Waals surface area contributed by atoms with E-state index in [1.807, 2.05) is 24.3 Å². The Balaban J connectivity index is 1.98. The summed E-state index contributed by atoms with van der Waals surface area (Å²) in [4.78, 5) is 25.0. The van der Waals surface area contributed by atoms with Crippen LogP contribution >= 0.6 is 0 Å². The number of likely N-dealkylation sites (N-methyl/N-ethyl adjacent to an activating group) is 1. The van der Waals surface area contributed by atoms with Crippen LogP contribution in [0.15, 0.2) is 24.3 Å². The van der Waals surface area contributed by atoms with Crippen LogP contribution in [0.3, 0.4) is 0 Å². The molecule has 21 heavy (non-hydrogen) atoms. The second-order valence-electron chi connectivity index (χ2n) is 4.75. The van der Waals surface area contributed by atoms with E-state index < -0.39 is 6.04 Å². The molecule has 1 atom stereocenters. The number of amides is 2. The van der Waals surface area contributed by atoms with Gasteiger partial charge in [-0.05, 0) is 19.1 Å². The molecular formula is C15H20N2O4. The largest absolute Gasteiger partial charge is 0.491 e. The molecule has 0 saturated carbocycles. The third-order valence-corrected chi connectivity index (χ3v) is 3.29. The first-order valence-corrected chi connectivity index (χ1v) is 6.98. The average Bonchev–Trinajstić information content (AvgIpc) is 2.74. The summed E-state index contributed by atoms with van der Waals surface area (Å²) >= 11 is 0. The summed E-state index contributed by atoms with van der Waals surface area (Å²) in [6.45, 7) is 3.18. The van der Waals surface area contributed by atoms with Crippen LogP contribution in [0.2, 0.25) is 0 Å². The summed E-state index contributed by atoms with van der Waals surface area (Å²) in [6.07, 6.45) is 0.196. The minimum Gasteiger partial charge on any atom is -0.491 e. The lowest BCUT2D eigenvalue weighted by atomic mass is 10.2. The topological polar surface area (TPSA) is 67.9 Å². The molecule has 1 heterocycles. The molecule has 0 spiro atoms. The number of nitrogens with one attached hydrogen (secondary N) is 1. The SMILES string of the molecule is CCN1C(=O)CC(Nc2cccc(OCCOC)c2)C1=O. The predicted molar refractivity (Wildman–Crippen MR) is 78.2 cm³/mol. The number of likely N-dealkylation sites (tertiary alicyclic amines) is 1. The zero-order chi connectivity index (χ0) is 15.2. The van der Waals surface area contributed by atoms with E-state index in [1.165, 1.54) is 4.90 Å². The van der Waals surface area contributed by atoms with E-state index in [0.717, 1.165) is 5.69 Å². The number of methoxy groups -OCH3 is 1. The standard InChI is InChI=1S/C15H20N2O4/c1-3-17-14(18)10-13(15(17)19)16-11-5-4-6-12(9-11)21-8-7-20-2/h4-6,9,13,16H,3,7-8,10H2,1-2H3. The van der Waals surface area contributed by atoms with Crippen molar-refractivity contribution >= 4 is 17.5 Å². The zero-order valence-electron chi connectivity index (χ0n) is 12.3. The number of hydrogen-bond donors (Lipinski definition) is 1. The Morgan fingerprint density at radius 1 is 1.33 bits per heavy atom. The molecule has 2 amide bonds. The molecule has 0 aliphatic carbocycles. The van der Waals surface area contributed by atoms with Gasteiger partial charge in [0.15, 0.2) is 0 Å². The molecular weight excluding hydrogens is 272 g/mol. The van der Waals surface area contributed by atoms with Crippen LogP contribution in [0, 0.1) is 0 Å². The highest BCUT2D eigenvalue weighted by molar-refractivity contribution is 6.06. The number of benzene rings is 1. The van der Waals surface area contributed by atoms with Crippen molar-refractivity contribution in [1.29, 1.82) is 0 Å². The second kappa shape index (κ2) is 7.08. The van der Waals surface area contributed by atoms with Crippen molar-refractivity contribution in [2.75, 3.05) is 32.2 Å². The maximum Gasteiger partial charge on any atom is 0.252 e. The van der Waals surface area contributed by atoms with Crippen LogP contribution in [0.1, 0.15) is 13.3 Å². The number of imide groups is 1. The van der Waals surface area contributed by atoms with Crippen molar-refractivity contribution < 1.29 is 19.1 Å². The van der Waals surface area contributed by atoms with Crippen LogP contribution in [-0.4, -0.2) is 49.6 Å². The highest BCUT2D eigenvalue weighted by atomic mass is 16.5. The minimum atomic E-state index is -0.494. The normalized spacial score (nSPS) is 18.2. The van der Waals surface area contributed by atoms with Crippen molar-refractivity contribution in [1.82, 2.24) is 4.90 Å². The first-order valence-electron chi connectivity index (χ1n) is 6.98. The molecule has 0 radical (unpaired) electrons. The van der Waals surface area contributed by atoms with Gasteiger partial charge >= 0.3 is 0 Å². The van der Waals surface area contributed by atoms with Gasteiger partial charge in [0.25, 0.3) is 5.91 Å². The van der Waals surface area contributed by atoms with Crippen LogP contribution in [0.4, 0.5) is 5.69 Å². The third-order valence-electron chi connectivity index (χ3n) is 3.29. The van der Waals surface area contributed by atoms with E-state index in [0.29, 0.717) is 25.5 Å². The van der Waals surface area contributed by atoms with E-state index in [4.69, 9.17) is 9.47 Å². The van der Waals surface area contributed by atoms with Crippen molar-refractivity contribution in [3.63, 3.8) is 0 Å². The van der Waals surface area contributed by atoms with Gasteiger partial charge in [-0.3, -0.25) is 14.5 Å². The fourth-order valence-electron chi connectivity index (χ4n) is 2.25. The number of carbonyl (C=O) groups is 2. The summed E-state index contributed by atoms with van der Waals surface area (Å²) in [5, 5.41) is 3.09. The molecule has 6 heteroatoms. The molecule has 6 nitrogen and oxygen atoms in total. The van der Waals surface area contributed by atoms with Crippen molar-refractivity contribution in [3.8, 4) is 5.75 Å². The number of ether oxygens (including phenoxy) is 2. The minimum absolute atomic E-state index is 0.132. The maximum atomic E-state index is 12.0. The van der Waals surface area contributed by atoms with Gasteiger partial charge < -0.3 is 14.8 Å². The van der Waals surface area contributed by atoms with Gasteiger partial charge in [-0.2, -0.15) is 0 Å². The van der Waals surface area contributed by atoms with Crippen molar-refractivity contribution in [2.45, 2.75) is 19.4 Å². The Labute approximate surface area is 124 Å². The predicted octanol–water partition coefficient (Wildman–Crippen LogP) is 1.27. The molecule has 114 valence electrons. The number of rotatable bonds is 7. The fourth-order valence-corrected chi connectivity index (χ4v) is 2.25. The second-order valence-corrected chi connectivity index (χ2v) is 4.75. The lowest BCUT2D eigenvalue weighted by molar-refractivity contribution is -0.138. The lowest BCUT2D eigenvalue weighted by Crippen LogP contribution is -2.34. The highest BCUT2D eigenvalue weighted by Crippen LogP contribution is 2.21. The van der Waals surface area contributed by atoms with E-state index in [1.54, 1.807) is 14.0 Å². The number of carbonyl (C=O) groups excluding carboxylic acids is 2. The fraction of sp³-hybridized carbons (Fsp3) is 0.467. The van der Waals surface area contributed by atoms with Crippen LogP contribution in [-0.2, 0) is 14.3 Å². The molecule has 1 aromatic rings. The third kappa shape index (κ3) is 3.72. The maximum absolute atomic E-state index is 12.0. The molecule has 1 aliphatic rings. The summed E-state index contributed by atoms with van der Waals surface area (Å²) in [5.41, 5.74) is 0.758. The van der Waals surface area contributed by atoms with E-state index in [9.17, 15) is 9.59 Å². The van der Waals surface area contributed by atoms with Crippen molar-refractivity contribution in [2.24, 2.45) is 0 Å². The van der Waals surface area contributed by atoms with E-state index in [2.05, 4.69) is 5.32 Å². The van der Waals surface area contributed by atoms with Gasteiger partial charge in [0, 0.05) is 25.4 Å². The Morgan fingerprint density at radius 3 is 2.81 bits per heavy atom. The average molecular weight is 292 g/mol. The van der Waals surface area contributed by atoms with E-state index >= 15 is 0 Å². The van der Waals surface area contributed by atoms with Gasteiger partial charge in [-0.15, -0.1) is 0 Å². The molecule has 1 unspecified atom stereocenters. The summed E-state index contributed by atoms with van der Waals surface area (Å²) in [7, 11) is 1.61. The van der Waals surface area contributed by atoms with Crippen LogP contribution < -0.4 is 10.1 Å². The lowest BCUT2D eigenvalue weighted by Gasteiger charge is -2.15. The van der Waals surface area contributed by atoms with Gasteiger partial charge in [-0.25, -0.2) is 0 Å². The van der Waals surface area contributed by atoms with Crippen LogP contribution in [0.5, 0.6) is 5.75 Å². The first kappa shape index (κ1) is 15.3. The summed E-state index contributed by atoms with van der Waals surface area (Å²) < 4.78 is 10.4. The number of anilines is 1.